The molecule has 11 heavy (non-hydrogen) atoms. The van der Waals surface area contributed by atoms with Gasteiger partial charge < -0.3 is 0 Å². The lowest BCUT2D eigenvalue weighted by molar-refractivity contribution is 1.57. The summed E-state index contributed by atoms with van der Waals surface area (Å²) in [5, 5.41) is 14.5. The summed E-state index contributed by atoms with van der Waals surface area (Å²) < 4.78 is 0. The molecule has 0 saturated carbocycles. The minimum atomic E-state index is 0.953. The van der Waals surface area contributed by atoms with Gasteiger partial charge in [0.1, 0.15) is 5.40 Å². The van der Waals surface area contributed by atoms with Gasteiger partial charge >= 0.3 is 0 Å². The van der Waals surface area contributed by atoms with Gasteiger partial charge in [-0.25, -0.2) is 0 Å². The monoisotopic (exact) mass is 245 g/mol. The molecule has 0 aliphatic rings. The first kappa shape index (κ1) is 8.85. The molecule has 1 rings (SSSR count). The molecule has 1 heterocycles. The molecular formula is C7H4BrNS2. The van der Waals surface area contributed by atoms with E-state index in [1.54, 1.807) is 16.3 Å². The van der Waals surface area contributed by atoms with Crippen molar-refractivity contribution in [2.45, 2.75) is 0 Å². The molecule has 1 aromatic rings. The van der Waals surface area contributed by atoms with Gasteiger partial charge in [-0.2, -0.15) is 16.6 Å². The molecule has 0 bridgehead atoms. The number of thiophene rings is 1. The van der Waals surface area contributed by atoms with Crippen molar-refractivity contribution in [3.8, 4) is 5.40 Å². The molecule has 0 saturated heterocycles. The molecule has 56 valence electrons. The van der Waals surface area contributed by atoms with Gasteiger partial charge in [0.25, 0.3) is 0 Å². The van der Waals surface area contributed by atoms with Crippen molar-refractivity contribution in [1.29, 1.82) is 5.26 Å². The summed E-state index contributed by atoms with van der Waals surface area (Å²) in [6, 6.07) is 1.99. The van der Waals surface area contributed by atoms with Crippen LogP contribution in [-0.2, 0) is 0 Å². The highest BCUT2D eigenvalue weighted by Gasteiger charge is 2.00. The molecule has 0 radical (unpaired) electrons. The third-order valence-corrected chi connectivity index (χ3v) is 3.17. The average Bonchev–Trinajstić information content (AvgIpc) is 2.52. The van der Waals surface area contributed by atoms with E-state index in [9.17, 15) is 0 Å². The Balaban J connectivity index is 2.83. The molecule has 0 atom stereocenters. The first-order valence-corrected chi connectivity index (χ1v) is 5.45. The van der Waals surface area contributed by atoms with Crippen molar-refractivity contribution in [2.75, 3.05) is 0 Å². The van der Waals surface area contributed by atoms with Crippen molar-refractivity contribution in [3.63, 3.8) is 0 Å². The number of nitrogens with zero attached hydrogens (tertiary/aromatic N) is 1. The predicted molar refractivity (Wildman–Crippen MR) is 54.4 cm³/mol. The Morgan fingerprint density at radius 1 is 1.82 bits per heavy atom. The second-order valence-electron chi connectivity index (χ2n) is 1.68. The molecule has 1 aromatic heterocycles. The molecule has 0 aliphatic heterocycles. The molecule has 0 unspecified atom stereocenters. The molecule has 0 N–H and O–H groups in total. The number of rotatable bonds is 2. The van der Waals surface area contributed by atoms with Gasteiger partial charge in [0.05, 0.1) is 0 Å². The normalized spacial score (nSPS) is 11.1. The molecule has 0 aliphatic carbocycles. The Hall–Kier alpha value is -0.240. The first-order chi connectivity index (χ1) is 5.38. The largest absolute Gasteiger partial charge is 0.185 e. The van der Waals surface area contributed by atoms with E-state index in [2.05, 4.69) is 15.9 Å². The number of halogens is 1. The van der Waals surface area contributed by atoms with Crippen LogP contribution >= 0.6 is 39.0 Å². The maximum absolute atomic E-state index is 8.42. The topological polar surface area (TPSA) is 23.8 Å². The van der Waals surface area contributed by atoms with Crippen molar-refractivity contribution in [3.05, 3.63) is 27.4 Å². The van der Waals surface area contributed by atoms with Gasteiger partial charge in [-0.3, -0.25) is 0 Å². The summed E-state index contributed by atoms with van der Waals surface area (Å²) >= 11 is 5.99. The van der Waals surface area contributed by atoms with Crippen molar-refractivity contribution < 1.29 is 0 Å². The second-order valence-corrected chi connectivity index (χ2v) is 3.74. The van der Waals surface area contributed by atoms with E-state index in [0.29, 0.717) is 0 Å². The van der Waals surface area contributed by atoms with Gasteiger partial charge in [0, 0.05) is 10.5 Å². The minimum Gasteiger partial charge on any atom is -0.185 e. The van der Waals surface area contributed by atoms with Gasteiger partial charge in [-0.05, 0) is 33.6 Å². The Morgan fingerprint density at radius 3 is 3.09 bits per heavy atom. The molecule has 0 spiro atoms. The predicted octanol–water partition coefficient (Wildman–Crippen LogP) is 3.66. The van der Waals surface area contributed by atoms with E-state index in [1.165, 1.54) is 0 Å². The fourth-order valence-electron chi connectivity index (χ4n) is 0.598. The zero-order valence-corrected chi connectivity index (χ0v) is 8.67. The smallest absolute Gasteiger partial charge is 0.138 e. The summed E-state index contributed by atoms with van der Waals surface area (Å²) in [6.07, 6.45) is 0. The highest BCUT2D eigenvalue weighted by Crippen LogP contribution is 2.28. The molecule has 1 nitrogen and oxygen atoms in total. The summed E-state index contributed by atoms with van der Waals surface area (Å²) in [4.78, 5) is 2.72. The standard InChI is InChI=1S/C7H4BrNS2/c8-3-7(11-5-9)6-1-2-10-4-6/h1-4H. The van der Waals surface area contributed by atoms with Crippen LogP contribution in [0.1, 0.15) is 5.56 Å². The zero-order chi connectivity index (χ0) is 8.10. The van der Waals surface area contributed by atoms with Crippen LogP contribution < -0.4 is 0 Å². The van der Waals surface area contributed by atoms with E-state index in [4.69, 9.17) is 5.26 Å². The Morgan fingerprint density at radius 2 is 2.64 bits per heavy atom. The molecule has 0 aromatic carbocycles. The van der Waals surface area contributed by atoms with Crippen LogP contribution in [0.2, 0.25) is 0 Å². The molecule has 4 heteroatoms. The van der Waals surface area contributed by atoms with Crippen LogP contribution in [0.5, 0.6) is 0 Å². The van der Waals surface area contributed by atoms with Crippen molar-refractivity contribution in [1.82, 2.24) is 0 Å². The quantitative estimate of drug-likeness (QED) is 0.743. The zero-order valence-electron chi connectivity index (χ0n) is 5.45. The highest BCUT2D eigenvalue weighted by atomic mass is 79.9. The lowest BCUT2D eigenvalue weighted by Crippen LogP contribution is -1.69. The number of hydrogen-bond donors (Lipinski definition) is 0. The summed E-state index contributed by atoms with van der Waals surface area (Å²) in [7, 11) is 0. The van der Waals surface area contributed by atoms with Crippen molar-refractivity contribution >= 4 is 43.9 Å². The lowest BCUT2D eigenvalue weighted by atomic mass is 10.3. The third-order valence-electron chi connectivity index (χ3n) is 1.06. The molecule has 0 fully saturated rings. The van der Waals surface area contributed by atoms with Crippen molar-refractivity contribution in [2.24, 2.45) is 0 Å². The molecular weight excluding hydrogens is 242 g/mol. The van der Waals surface area contributed by atoms with E-state index in [0.717, 1.165) is 22.2 Å². The second kappa shape index (κ2) is 4.60. The molecule has 0 amide bonds. The summed E-state index contributed by atoms with van der Waals surface area (Å²) in [5.41, 5.74) is 1.10. The number of nitriles is 1. The summed E-state index contributed by atoms with van der Waals surface area (Å²) in [6.45, 7) is 0. The highest BCUT2D eigenvalue weighted by molar-refractivity contribution is 9.11. The van der Waals surface area contributed by atoms with E-state index < -0.39 is 0 Å². The maximum atomic E-state index is 8.42. The summed E-state index contributed by atoms with van der Waals surface area (Å²) in [5.74, 6) is 0. The first-order valence-electron chi connectivity index (χ1n) is 2.77. The fraction of sp³-hybridized carbons (Fsp3) is 0. The Bertz CT molecular complexity index is 284. The fourth-order valence-corrected chi connectivity index (χ4v) is 2.26. The SMILES string of the molecule is N#CSC(=CBr)c1ccsc1. The van der Waals surface area contributed by atoms with Gasteiger partial charge in [-0.1, -0.05) is 15.9 Å². The van der Waals surface area contributed by atoms with Crippen LogP contribution in [0.3, 0.4) is 0 Å². The number of hydrogen-bond acceptors (Lipinski definition) is 3. The van der Waals surface area contributed by atoms with Gasteiger partial charge in [0.15, 0.2) is 0 Å². The van der Waals surface area contributed by atoms with Crippen LogP contribution in [0, 0.1) is 10.7 Å². The van der Waals surface area contributed by atoms with Crippen LogP contribution in [-0.4, -0.2) is 0 Å². The Kier molecular flexibility index (Phi) is 3.70. The minimum absolute atomic E-state index is 0.953. The van der Waals surface area contributed by atoms with E-state index >= 15 is 0 Å². The number of thioether (sulfide) groups is 1. The Labute approximate surface area is 81.9 Å². The average molecular weight is 246 g/mol. The lowest BCUT2D eigenvalue weighted by Gasteiger charge is -1.93. The third kappa shape index (κ3) is 2.37. The van der Waals surface area contributed by atoms with Gasteiger partial charge in [-0.15, -0.1) is 0 Å². The van der Waals surface area contributed by atoms with Crippen LogP contribution in [0.15, 0.2) is 21.8 Å². The van der Waals surface area contributed by atoms with E-state index in [-0.39, 0.29) is 0 Å². The maximum Gasteiger partial charge on any atom is 0.138 e. The van der Waals surface area contributed by atoms with E-state index in [1.807, 2.05) is 22.2 Å². The number of thiocyanates is 1. The van der Waals surface area contributed by atoms with Crippen LogP contribution in [0.4, 0.5) is 0 Å². The van der Waals surface area contributed by atoms with Crippen LogP contribution in [0.25, 0.3) is 4.91 Å². The van der Waals surface area contributed by atoms with Gasteiger partial charge in [0.2, 0.25) is 0 Å².